The zero-order chi connectivity index (χ0) is 10.4. The zero-order valence-corrected chi connectivity index (χ0v) is 9.20. The summed E-state index contributed by atoms with van der Waals surface area (Å²) < 4.78 is 22.4. The van der Waals surface area contributed by atoms with Gasteiger partial charge in [-0.05, 0) is 27.7 Å². The summed E-state index contributed by atoms with van der Waals surface area (Å²) in [5.74, 6) is -1.04. The van der Waals surface area contributed by atoms with Crippen LogP contribution in [0.3, 0.4) is 0 Å². The summed E-state index contributed by atoms with van der Waals surface area (Å²) >= 11 is 0. The molecule has 0 radical (unpaired) electrons. The van der Waals surface area contributed by atoms with Crippen molar-refractivity contribution in [3.8, 4) is 0 Å². The van der Waals surface area contributed by atoms with E-state index in [0.29, 0.717) is 13.2 Å². The minimum absolute atomic E-state index is 0.00762. The van der Waals surface area contributed by atoms with E-state index in [-0.39, 0.29) is 12.2 Å². The molecule has 0 amide bonds. The second kappa shape index (κ2) is 3.17. The highest BCUT2D eigenvalue weighted by Gasteiger charge is 2.44. The van der Waals surface area contributed by atoms with Crippen LogP contribution in [-0.4, -0.2) is 37.0 Å². The van der Waals surface area contributed by atoms with Gasteiger partial charge in [0.15, 0.2) is 11.6 Å². The second-order valence-corrected chi connectivity index (χ2v) is 4.73. The van der Waals surface area contributed by atoms with Crippen LogP contribution in [0.15, 0.2) is 0 Å². The topological polar surface area (TPSA) is 36.9 Å². The summed E-state index contributed by atoms with van der Waals surface area (Å²) in [4.78, 5) is 0. The van der Waals surface area contributed by atoms with Gasteiger partial charge in [0.1, 0.15) is 12.2 Å². The number of hydrogen-bond acceptors (Lipinski definition) is 4. The minimum Gasteiger partial charge on any atom is -0.348 e. The first-order chi connectivity index (χ1) is 6.38. The summed E-state index contributed by atoms with van der Waals surface area (Å²) in [5.41, 5.74) is 0. The summed E-state index contributed by atoms with van der Waals surface area (Å²) in [6, 6.07) is 0. The number of rotatable bonds is 0. The molecule has 0 aromatic carbocycles. The molecule has 0 N–H and O–H groups in total. The first-order valence-electron chi connectivity index (χ1n) is 5.02. The average molecular weight is 202 g/mol. The third-order valence-corrected chi connectivity index (χ3v) is 2.48. The Hall–Kier alpha value is -0.160. The van der Waals surface area contributed by atoms with E-state index < -0.39 is 11.6 Å². The van der Waals surface area contributed by atoms with Gasteiger partial charge in [-0.2, -0.15) is 0 Å². The van der Waals surface area contributed by atoms with Gasteiger partial charge in [-0.3, -0.25) is 0 Å². The lowest BCUT2D eigenvalue weighted by atomic mass is 10.1. The van der Waals surface area contributed by atoms with Crippen molar-refractivity contribution in [2.24, 2.45) is 0 Å². The molecule has 14 heavy (non-hydrogen) atoms. The van der Waals surface area contributed by atoms with Crippen LogP contribution in [0.1, 0.15) is 27.7 Å². The minimum atomic E-state index is -0.518. The summed E-state index contributed by atoms with van der Waals surface area (Å²) in [6.45, 7) is 8.77. The molecule has 82 valence electrons. The molecule has 0 bridgehead atoms. The fourth-order valence-electron chi connectivity index (χ4n) is 1.80. The maximum absolute atomic E-state index is 5.70. The maximum atomic E-state index is 5.70. The molecule has 2 aliphatic rings. The van der Waals surface area contributed by atoms with Crippen molar-refractivity contribution in [1.29, 1.82) is 0 Å². The second-order valence-electron chi connectivity index (χ2n) is 4.73. The van der Waals surface area contributed by atoms with Crippen molar-refractivity contribution in [3.63, 3.8) is 0 Å². The van der Waals surface area contributed by atoms with Gasteiger partial charge in [0.2, 0.25) is 0 Å². The van der Waals surface area contributed by atoms with Crippen LogP contribution < -0.4 is 0 Å². The molecule has 0 saturated carbocycles. The predicted molar refractivity (Wildman–Crippen MR) is 49.8 cm³/mol. The highest BCUT2D eigenvalue weighted by atomic mass is 16.8. The first-order valence-corrected chi connectivity index (χ1v) is 5.02. The molecular weight excluding hydrogens is 184 g/mol. The Kier molecular flexibility index (Phi) is 2.34. The summed E-state index contributed by atoms with van der Waals surface area (Å²) in [6.07, 6.45) is -0.0152. The van der Waals surface area contributed by atoms with Gasteiger partial charge in [-0.1, -0.05) is 0 Å². The average Bonchev–Trinajstić information content (AvgIpc) is 2.04. The van der Waals surface area contributed by atoms with Crippen LogP contribution in [0.2, 0.25) is 0 Å². The fraction of sp³-hybridized carbons (Fsp3) is 1.00. The molecule has 2 rings (SSSR count). The molecule has 4 heteroatoms. The van der Waals surface area contributed by atoms with Crippen LogP contribution in [0, 0.1) is 0 Å². The SMILES string of the molecule is CC1(C)OCC2OC(C)(C)OCC2O1. The van der Waals surface area contributed by atoms with Gasteiger partial charge >= 0.3 is 0 Å². The molecule has 2 aliphatic heterocycles. The number of ether oxygens (including phenoxy) is 4. The van der Waals surface area contributed by atoms with Crippen molar-refractivity contribution < 1.29 is 18.9 Å². The molecule has 0 aromatic heterocycles. The lowest BCUT2D eigenvalue weighted by molar-refractivity contribution is -0.387. The quantitative estimate of drug-likeness (QED) is 0.593. The van der Waals surface area contributed by atoms with Crippen LogP contribution >= 0.6 is 0 Å². The van der Waals surface area contributed by atoms with E-state index in [2.05, 4.69) is 0 Å². The number of hydrogen-bond donors (Lipinski definition) is 0. The smallest absolute Gasteiger partial charge is 0.163 e. The molecule has 2 unspecified atom stereocenters. The van der Waals surface area contributed by atoms with Gasteiger partial charge in [0.05, 0.1) is 13.2 Å². The van der Waals surface area contributed by atoms with Crippen molar-refractivity contribution in [2.45, 2.75) is 51.5 Å². The van der Waals surface area contributed by atoms with Crippen molar-refractivity contribution in [3.05, 3.63) is 0 Å². The standard InChI is InChI=1S/C10H18O4/c1-9(2)11-5-8-7(13-9)6-12-10(3,4)14-8/h7-8H,5-6H2,1-4H3. The lowest BCUT2D eigenvalue weighted by Crippen LogP contribution is -2.58. The van der Waals surface area contributed by atoms with Crippen LogP contribution in [0.25, 0.3) is 0 Å². The van der Waals surface area contributed by atoms with E-state index in [1.54, 1.807) is 0 Å². The van der Waals surface area contributed by atoms with Gasteiger partial charge in [0.25, 0.3) is 0 Å². The van der Waals surface area contributed by atoms with Gasteiger partial charge in [0, 0.05) is 0 Å². The maximum Gasteiger partial charge on any atom is 0.163 e. The van der Waals surface area contributed by atoms with Crippen LogP contribution in [0.5, 0.6) is 0 Å². The Morgan fingerprint density at radius 3 is 1.50 bits per heavy atom. The Bertz CT molecular complexity index is 200. The van der Waals surface area contributed by atoms with Gasteiger partial charge in [-0.15, -0.1) is 0 Å². The fourth-order valence-corrected chi connectivity index (χ4v) is 1.80. The monoisotopic (exact) mass is 202 g/mol. The number of fused-ring (bicyclic) bond motifs is 1. The van der Waals surface area contributed by atoms with E-state index in [1.807, 2.05) is 27.7 Å². The lowest BCUT2D eigenvalue weighted by Gasteiger charge is -2.47. The molecule has 0 aliphatic carbocycles. The largest absolute Gasteiger partial charge is 0.348 e. The predicted octanol–water partition coefficient (Wildman–Crippen LogP) is 1.29. The Morgan fingerprint density at radius 1 is 0.786 bits per heavy atom. The van der Waals surface area contributed by atoms with E-state index in [1.165, 1.54) is 0 Å². The van der Waals surface area contributed by atoms with Crippen LogP contribution in [-0.2, 0) is 18.9 Å². The van der Waals surface area contributed by atoms with E-state index >= 15 is 0 Å². The highest BCUT2D eigenvalue weighted by molar-refractivity contribution is 4.83. The molecule has 2 fully saturated rings. The summed E-state index contributed by atoms with van der Waals surface area (Å²) in [7, 11) is 0. The van der Waals surface area contributed by atoms with Crippen molar-refractivity contribution in [2.75, 3.05) is 13.2 Å². The Morgan fingerprint density at radius 2 is 1.14 bits per heavy atom. The Labute approximate surface area is 84.5 Å². The normalized spacial score (nSPS) is 40.3. The third kappa shape index (κ3) is 2.08. The third-order valence-electron chi connectivity index (χ3n) is 2.48. The van der Waals surface area contributed by atoms with Crippen molar-refractivity contribution in [1.82, 2.24) is 0 Å². The van der Waals surface area contributed by atoms with E-state index in [4.69, 9.17) is 18.9 Å². The molecule has 4 nitrogen and oxygen atoms in total. The zero-order valence-electron chi connectivity index (χ0n) is 9.20. The van der Waals surface area contributed by atoms with Gasteiger partial charge < -0.3 is 18.9 Å². The molecule has 0 aromatic rings. The summed E-state index contributed by atoms with van der Waals surface area (Å²) in [5, 5.41) is 0. The highest BCUT2D eigenvalue weighted by Crippen LogP contribution is 2.31. The molecule has 2 atom stereocenters. The first kappa shape index (κ1) is 10.4. The van der Waals surface area contributed by atoms with Crippen molar-refractivity contribution >= 4 is 0 Å². The van der Waals surface area contributed by atoms with Gasteiger partial charge in [-0.25, -0.2) is 0 Å². The molecular formula is C10H18O4. The van der Waals surface area contributed by atoms with E-state index in [9.17, 15) is 0 Å². The molecule has 2 saturated heterocycles. The van der Waals surface area contributed by atoms with Crippen LogP contribution in [0.4, 0.5) is 0 Å². The molecule has 0 spiro atoms. The molecule has 2 heterocycles. The van der Waals surface area contributed by atoms with E-state index in [0.717, 1.165) is 0 Å². The Balaban J connectivity index is 2.01.